The van der Waals surface area contributed by atoms with Crippen molar-refractivity contribution in [3.8, 4) is 0 Å². The predicted octanol–water partition coefficient (Wildman–Crippen LogP) is 4.19. The molecule has 2 heteroatoms. The van der Waals surface area contributed by atoms with Crippen molar-refractivity contribution >= 4 is 0 Å². The Bertz CT molecular complexity index is 629. The van der Waals surface area contributed by atoms with E-state index < -0.39 is 5.60 Å². The summed E-state index contributed by atoms with van der Waals surface area (Å²) in [6.45, 7) is 3.32. The Labute approximate surface area is 145 Å². The van der Waals surface area contributed by atoms with E-state index in [0.29, 0.717) is 6.04 Å². The molecule has 2 fully saturated rings. The summed E-state index contributed by atoms with van der Waals surface area (Å²) in [4.78, 5) is 2.58. The molecule has 1 saturated carbocycles. The van der Waals surface area contributed by atoms with Gasteiger partial charge in [0.15, 0.2) is 0 Å². The molecule has 4 rings (SSSR count). The summed E-state index contributed by atoms with van der Waals surface area (Å²) in [5, 5.41) is 12.0. The predicted molar refractivity (Wildman–Crippen MR) is 97.8 cm³/mol. The summed E-state index contributed by atoms with van der Waals surface area (Å²) < 4.78 is 0. The zero-order chi connectivity index (χ0) is 16.6. The van der Waals surface area contributed by atoms with Crippen LogP contribution in [0.4, 0.5) is 0 Å². The first-order valence-electron chi connectivity index (χ1n) is 9.30. The maximum Gasteiger partial charge on any atom is 0.130 e. The minimum absolute atomic E-state index is 0.0652. The van der Waals surface area contributed by atoms with Gasteiger partial charge in [0, 0.05) is 12.1 Å². The molecule has 1 N–H and O–H groups in total. The molecule has 1 aliphatic heterocycles. The van der Waals surface area contributed by atoms with E-state index in [9.17, 15) is 5.11 Å². The number of hydrogen-bond acceptors (Lipinski definition) is 2. The Hall–Kier alpha value is -1.64. The molecule has 0 bridgehead atoms. The SMILES string of the molecule is C[C@H](N1CC[C@@H]2CCC[C@@H]21)C(O)(c1ccccc1)c1ccccc1. The minimum Gasteiger partial charge on any atom is -0.379 e. The van der Waals surface area contributed by atoms with E-state index in [1.165, 1.54) is 25.7 Å². The molecule has 1 heterocycles. The van der Waals surface area contributed by atoms with Crippen LogP contribution in [0, 0.1) is 5.92 Å². The van der Waals surface area contributed by atoms with Gasteiger partial charge in [-0.3, -0.25) is 4.90 Å². The van der Waals surface area contributed by atoms with Gasteiger partial charge in [0.25, 0.3) is 0 Å². The molecule has 0 amide bonds. The van der Waals surface area contributed by atoms with E-state index in [0.717, 1.165) is 23.6 Å². The molecule has 126 valence electrons. The van der Waals surface area contributed by atoms with E-state index >= 15 is 0 Å². The van der Waals surface area contributed by atoms with Crippen LogP contribution in [0.25, 0.3) is 0 Å². The van der Waals surface area contributed by atoms with E-state index in [1.807, 2.05) is 36.4 Å². The van der Waals surface area contributed by atoms with Gasteiger partial charge in [-0.15, -0.1) is 0 Å². The number of benzene rings is 2. The summed E-state index contributed by atoms with van der Waals surface area (Å²) in [5.41, 5.74) is 1.01. The number of rotatable bonds is 4. The monoisotopic (exact) mass is 321 g/mol. The highest BCUT2D eigenvalue weighted by Gasteiger charge is 2.47. The van der Waals surface area contributed by atoms with Crippen molar-refractivity contribution < 1.29 is 5.11 Å². The highest BCUT2D eigenvalue weighted by Crippen LogP contribution is 2.43. The average molecular weight is 321 g/mol. The topological polar surface area (TPSA) is 23.5 Å². The van der Waals surface area contributed by atoms with Crippen LogP contribution >= 0.6 is 0 Å². The van der Waals surface area contributed by atoms with E-state index in [4.69, 9.17) is 0 Å². The van der Waals surface area contributed by atoms with Crippen LogP contribution in [0.1, 0.15) is 43.7 Å². The number of hydrogen-bond donors (Lipinski definition) is 1. The van der Waals surface area contributed by atoms with Crippen LogP contribution in [-0.4, -0.2) is 28.6 Å². The second-order valence-electron chi connectivity index (χ2n) is 7.46. The first kappa shape index (κ1) is 15.9. The summed E-state index contributed by atoms with van der Waals surface area (Å²) in [6.07, 6.45) is 5.28. The van der Waals surface area contributed by atoms with Crippen molar-refractivity contribution in [2.45, 2.75) is 50.3 Å². The third-order valence-corrected chi connectivity index (χ3v) is 6.33. The van der Waals surface area contributed by atoms with Gasteiger partial charge in [0.2, 0.25) is 0 Å². The summed E-state index contributed by atoms with van der Waals surface area (Å²) >= 11 is 0. The van der Waals surface area contributed by atoms with Crippen LogP contribution in [-0.2, 0) is 5.60 Å². The fourth-order valence-corrected chi connectivity index (χ4v) is 5.03. The van der Waals surface area contributed by atoms with Gasteiger partial charge in [-0.05, 0) is 49.8 Å². The molecular weight excluding hydrogens is 294 g/mol. The molecule has 2 aliphatic rings. The van der Waals surface area contributed by atoms with Crippen molar-refractivity contribution in [2.24, 2.45) is 5.92 Å². The van der Waals surface area contributed by atoms with Crippen molar-refractivity contribution in [2.75, 3.05) is 6.54 Å². The molecule has 0 aromatic heterocycles. The quantitative estimate of drug-likeness (QED) is 0.913. The summed E-state index contributed by atoms with van der Waals surface area (Å²) in [5.74, 6) is 0.836. The molecule has 24 heavy (non-hydrogen) atoms. The zero-order valence-corrected chi connectivity index (χ0v) is 14.4. The van der Waals surface area contributed by atoms with Gasteiger partial charge in [0.1, 0.15) is 5.60 Å². The van der Waals surface area contributed by atoms with Gasteiger partial charge in [-0.2, -0.15) is 0 Å². The molecular formula is C22H27NO. The largest absolute Gasteiger partial charge is 0.379 e. The van der Waals surface area contributed by atoms with Gasteiger partial charge in [-0.1, -0.05) is 67.1 Å². The Balaban J connectivity index is 1.76. The lowest BCUT2D eigenvalue weighted by Gasteiger charge is -2.42. The van der Waals surface area contributed by atoms with Crippen molar-refractivity contribution in [1.29, 1.82) is 0 Å². The maximum atomic E-state index is 12.0. The number of aliphatic hydroxyl groups is 1. The first-order valence-corrected chi connectivity index (χ1v) is 9.30. The molecule has 2 nitrogen and oxygen atoms in total. The number of nitrogens with zero attached hydrogens (tertiary/aromatic N) is 1. The lowest BCUT2D eigenvalue weighted by Crippen LogP contribution is -2.51. The van der Waals surface area contributed by atoms with Crippen molar-refractivity contribution in [1.82, 2.24) is 4.90 Å². The van der Waals surface area contributed by atoms with E-state index in [-0.39, 0.29) is 6.04 Å². The molecule has 0 unspecified atom stereocenters. The van der Waals surface area contributed by atoms with Crippen LogP contribution in [0.15, 0.2) is 60.7 Å². The van der Waals surface area contributed by atoms with E-state index in [2.05, 4.69) is 36.1 Å². The van der Waals surface area contributed by atoms with Crippen molar-refractivity contribution in [3.05, 3.63) is 71.8 Å². The lowest BCUT2D eigenvalue weighted by molar-refractivity contribution is -0.0195. The Kier molecular flexibility index (Phi) is 4.19. The van der Waals surface area contributed by atoms with Gasteiger partial charge < -0.3 is 5.11 Å². The van der Waals surface area contributed by atoms with E-state index in [1.54, 1.807) is 0 Å². The Morgan fingerprint density at radius 3 is 2.08 bits per heavy atom. The second kappa shape index (κ2) is 6.34. The van der Waals surface area contributed by atoms with Gasteiger partial charge in [0.05, 0.1) is 0 Å². The minimum atomic E-state index is -0.972. The fourth-order valence-electron chi connectivity index (χ4n) is 5.03. The summed E-state index contributed by atoms with van der Waals surface area (Å²) in [6, 6.07) is 21.1. The molecule has 2 aromatic carbocycles. The fraction of sp³-hybridized carbons (Fsp3) is 0.455. The molecule has 1 saturated heterocycles. The average Bonchev–Trinajstić information content (AvgIpc) is 3.25. The van der Waals surface area contributed by atoms with Crippen LogP contribution in [0.2, 0.25) is 0 Å². The lowest BCUT2D eigenvalue weighted by atomic mass is 9.80. The molecule has 1 aliphatic carbocycles. The smallest absolute Gasteiger partial charge is 0.130 e. The maximum absolute atomic E-state index is 12.0. The second-order valence-corrected chi connectivity index (χ2v) is 7.46. The molecule has 3 atom stereocenters. The van der Waals surface area contributed by atoms with Crippen LogP contribution < -0.4 is 0 Å². The third kappa shape index (κ3) is 2.49. The third-order valence-electron chi connectivity index (χ3n) is 6.33. The highest BCUT2D eigenvalue weighted by atomic mass is 16.3. The molecule has 0 radical (unpaired) electrons. The number of fused-ring (bicyclic) bond motifs is 1. The standard InChI is InChI=1S/C22H27NO/c1-17(23-16-15-18-9-8-14-21(18)23)22(24,19-10-4-2-5-11-19)20-12-6-3-7-13-20/h2-7,10-13,17-18,21,24H,8-9,14-16H2,1H3/t17-,18-,21-/m0/s1. The Morgan fingerprint density at radius 2 is 1.50 bits per heavy atom. The molecule has 2 aromatic rings. The summed E-state index contributed by atoms with van der Waals surface area (Å²) in [7, 11) is 0. The molecule has 0 spiro atoms. The first-order chi connectivity index (χ1) is 11.7. The van der Waals surface area contributed by atoms with Gasteiger partial charge >= 0.3 is 0 Å². The van der Waals surface area contributed by atoms with Crippen LogP contribution in [0.3, 0.4) is 0 Å². The Morgan fingerprint density at radius 1 is 0.917 bits per heavy atom. The van der Waals surface area contributed by atoms with Crippen LogP contribution in [0.5, 0.6) is 0 Å². The normalized spacial score (nSPS) is 25.6. The zero-order valence-electron chi connectivity index (χ0n) is 14.4. The van der Waals surface area contributed by atoms with Gasteiger partial charge in [-0.25, -0.2) is 0 Å². The van der Waals surface area contributed by atoms with Crippen molar-refractivity contribution in [3.63, 3.8) is 0 Å². The highest BCUT2D eigenvalue weighted by molar-refractivity contribution is 5.38. The number of likely N-dealkylation sites (tertiary alicyclic amines) is 1.